The number of rotatable bonds is 5. The number of nitrogens with zero attached hydrogens (tertiary/aromatic N) is 2. The van der Waals surface area contributed by atoms with E-state index in [0.717, 1.165) is 40.6 Å². The van der Waals surface area contributed by atoms with E-state index >= 15 is 0 Å². The first-order valence-corrected chi connectivity index (χ1v) is 8.39. The van der Waals surface area contributed by atoms with Crippen LogP contribution in [0.4, 0.5) is 0 Å². The Hall–Kier alpha value is -1.85. The molecule has 1 aliphatic carbocycles. The Morgan fingerprint density at radius 3 is 2.62 bits per heavy atom. The summed E-state index contributed by atoms with van der Waals surface area (Å²) in [6.45, 7) is 4.97. The minimum absolute atomic E-state index is 0. The molecule has 5 nitrogen and oxygen atoms in total. The summed E-state index contributed by atoms with van der Waals surface area (Å²) >= 11 is 5.97. The van der Waals surface area contributed by atoms with Crippen LogP contribution in [-0.4, -0.2) is 20.6 Å². The van der Waals surface area contributed by atoms with Crippen LogP contribution < -0.4 is 6.15 Å². The molecule has 0 spiro atoms. The van der Waals surface area contributed by atoms with Gasteiger partial charge in [0.15, 0.2) is 0 Å². The number of carbonyl (C=O) groups is 1. The topological polar surface area (TPSA) is 90.1 Å². The number of halogens is 1. The highest BCUT2D eigenvalue weighted by atomic mass is 35.5. The first-order valence-electron chi connectivity index (χ1n) is 8.01. The van der Waals surface area contributed by atoms with Crippen LogP contribution in [0.3, 0.4) is 0 Å². The van der Waals surface area contributed by atoms with E-state index in [0.29, 0.717) is 12.5 Å². The zero-order chi connectivity index (χ0) is 16.6. The predicted molar refractivity (Wildman–Crippen MR) is 95.2 cm³/mol. The van der Waals surface area contributed by atoms with Gasteiger partial charge in [-0.3, -0.25) is 4.79 Å². The van der Waals surface area contributed by atoms with Gasteiger partial charge < -0.3 is 15.8 Å². The van der Waals surface area contributed by atoms with Crippen LogP contribution in [-0.2, 0) is 17.8 Å². The van der Waals surface area contributed by atoms with Gasteiger partial charge in [-0.15, -0.1) is 0 Å². The maximum atomic E-state index is 11.2. The monoisotopic (exact) mass is 349 g/mol. The van der Waals surface area contributed by atoms with Crippen molar-refractivity contribution in [3.05, 3.63) is 52.1 Å². The van der Waals surface area contributed by atoms with E-state index in [1.807, 2.05) is 24.3 Å². The molecule has 3 rings (SSSR count). The molecule has 24 heavy (non-hydrogen) atoms. The number of carboxylic acids is 1. The lowest BCUT2D eigenvalue weighted by Crippen LogP contribution is -2.14. The highest BCUT2D eigenvalue weighted by Gasteiger charge is 2.32. The molecule has 0 fully saturated rings. The number of carboxylic acid groups (broad SMARTS) is 1. The summed E-state index contributed by atoms with van der Waals surface area (Å²) in [6, 6.07) is 7.80. The number of hydrogen-bond donors (Lipinski definition) is 2. The average molecular weight is 350 g/mol. The second kappa shape index (κ2) is 7.36. The average Bonchev–Trinajstić information content (AvgIpc) is 3.02. The molecule has 4 N–H and O–H groups in total. The predicted octanol–water partition coefficient (Wildman–Crippen LogP) is 4.37. The Balaban J connectivity index is 0.00000208. The standard InChI is InChI=1S/C18H21ClN2O2.H3N/c1-11(2)18-20-15-8-5-13(9-16(22)23)17(15)21(18)10-12-3-6-14(19)7-4-12;/h3-4,6-7,11,13H,5,8-10H2,1-2H3,(H,22,23);1H3. The molecule has 1 heterocycles. The summed E-state index contributed by atoms with van der Waals surface area (Å²) in [4.78, 5) is 16.0. The molecule has 1 atom stereocenters. The fraction of sp³-hybridized carbons (Fsp3) is 0.444. The molecular weight excluding hydrogens is 326 g/mol. The Morgan fingerprint density at radius 2 is 2.04 bits per heavy atom. The molecule has 0 amide bonds. The number of aromatic nitrogens is 2. The van der Waals surface area contributed by atoms with Gasteiger partial charge in [-0.05, 0) is 30.5 Å². The number of benzene rings is 1. The van der Waals surface area contributed by atoms with E-state index in [1.165, 1.54) is 0 Å². The SMILES string of the molecule is CC(C)c1nc2c(n1Cc1ccc(Cl)cc1)C(CC(=O)O)CC2.N. The summed E-state index contributed by atoms with van der Waals surface area (Å²) in [6.07, 6.45) is 1.93. The molecule has 1 unspecified atom stereocenters. The lowest BCUT2D eigenvalue weighted by atomic mass is 10.0. The maximum absolute atomic E-state index is 11.2. The van der Waals surface area contributed by atoms with Gasteiger partial charge in [0.05, 0.1) is 12.1 Å². The van der Waals surface area contributed by atoms with Gasteiger partial charge >= 0.3 is 5.97 Å². The zero-order valence-electron chi connectivity index (χ0n) is 14.1. The normalized spacial score (nSPS) is 16.1. The van der Waals surface area contributed by atoms with Crippen molar-refractivity contribution in [2.24, 2.45) is 0 Å². The highest BCUT2D eigenvalue weighted by molar-refractivity contribution is 6.30. The van der Waals surface area contributed by atoms with Gasteiger partial charge in [-0.2, -0.15) is 0 Å². The number of aliphatic carboxylic acids is 1. The maximum Gasteiger partial charge on any atom is 0.304 e. The number of imidazole rings is 1. The van der Waals surface area contributed by atoms with Crippen molar-refractivity contribution in [1.29, 1.82) is 0 Å². The molecule has 1 aromatic carbocycles. The van der Waals surface area contributed by atoms with Crippen molar-refractivity contribution in [3.8, 4) is 0 Å². The first kappa shape index (κ1) is 18.5. The quantitative estimate of drug-likeness (QED) is 0.838. The molecule has 130 valence electrons. The molecule has 0 saturated carbocycles. The van der Waals surface area contributed by atoms with E-state index in [-0.39, 0.29) is 18.5 Å². The molecule has 1 aromatic heterocycles. The lowest BCUT2D eigenvalue weighted by molar-refractivity contribution is -0.137. The van der Waals surface area contributed by atoms with Gasteiger partial charge in [0.25, 0.3) is 0 Å². The molecule has 0 radical (unpaired) electrons. The van der Waals surface area contributed by atoms with Crippen molar-refractivity contribution in [1.82, 2.24) is 15.7 Å². The molecule has 0 bridgehead atoms. The molecule has 1 aliphatic rings. The minimum Gasteiger partial charge on any atom is -0.481 e. The summed E-state index contributed by atoms with van der Waals surface area (Å²) in [5.41, 5.74) is 3.34. The van der Waals surface area contributed by atoms with Gasteiger partial charge in [0.2, 0.25) is 0 Å². The Kier molecular flexibility index (Phi) is 5.67. The zero-order valence-corrected chi connectivity index (χ0v) is 14.9. The third-order valence-corrected chi connectivity index (χ3v) is 4.67. The van der Waals surface area contributed by atoms with Crippen molar-refractivity contribution in [2.45, 2.75) is 51.5 Å². The second-order valence-electron chi connectivity index (χ2n) is 6.50. The molecule has 6 heteroatoms. The van der Waals surface area contributed by atoms with Crippen LogP contribution in [0, 0.1) is 0 Å². The van der Waals surface area contributed by atoms with E-state index in [2.05, 4.69) is 18.4 Å². The largest absolute Gasteiger partial charge is 0.481 e. The minimum atomic E-state index is -0.742. The van der Waals surface area contributed by atoms with Crippen LogP contribution in [0.5, 0.6) is 0 Å². The van der Waals surface area contributed by atoms with Gasteiger partial charge in [0.1, 0.15) is 5.82 Å². The van der Waals surface area contributed by atoms with Crippen molar-refractivity contribution in [3.63, 3.8) is 0 Å². The summed E-state index contributed by atoms with van der Waals surface area (Å²) in [7, 11) is 0. The van der Waals surface area contributed by atoms with Crippen LogP contribution >= 0.6 is 11.6 Å². The Labute approximate surface area is 147 Å². The lowest BCUT2D eigenvalue weighted by Gasteiger charge is -2.17. The molecule has 2 aromatic rings. The van der Waals surface area contributed by atoms with Crippen LogP contribution in [0.2, 0.25) is 5.02 Å². The molecular formula is C18H24ClN3O2. The van der Waals surface area contributed by atoms with E-state index in [4.69, 9.17) is 16.6 Å². The van der Waals surface area contributed by atoms with Crippen molar-refractivity contribution >= 4 is 17.6 Å². The smallest absolute Gasteiger partial charge is 0.304 e. The third-order valence-electron chi connectivity index (χ3n) is 4.42. The van der Waals surface area contributed by atoms with Crippen LogP contribution in [0.25, 0.3) is 0 Å². The second-order valence-corrected chi connectivity index (χ2v) is 6.94. The first-order chi connectivity index (χ1) is 11.0. The van der Waals surface area contributed by atoms with Gasteiger partial charge in [0, 0.05) is 29.1 Å². The Bertz CT molecular complexity index is 723. The highest BCUT2D eigenvalue weighted by Crippen LogP contribution is 2.37. The summed E-state index contributed by atoms with van der Waals surface area (Å²) in [5.74, 6) is 0.668. The third kappa shape index (κ3) is 3.62. The number of hydrogen-bond acceptors (Lipinski definition) is 3. The van der Waals surface area contributed by atoms with Crippen molar-refractivity contribution < 1.29 is 9.90 Å². The summed E-state index contributed by atoms with van der Waals surface area (Å²) < 4.78 is 2.23. The van der Waals surface area contributed by atoms with Crippen molar-refractivity contribution in [2.75, 3.05) is 0 Å². The van der Waals surface area contributed by atoms with Crippen LogP contribution in [0.1, 0.15) is 61.3 Å². The molecule has 0 saturated heterocycles. The fourth-order valence-corrected chi connectivity index (χ4v) is 3.54. The molecule has 0 aliphatic heterocycles. The van der Waals surface area contributed by atoms with E-state index in [9.17, 15) is 9.90 Å². The fourth-order valence-electron chi connectivity index (χ4n) is 3.41. The van der Waals surface area contributed by atoms with E-state index in [1.54, 1.807) is 0 Å². The van der Waals surface area contributed by atoms with E-state index < -0.39 is 5.97 Å². The van der Waals surface area contributed by atoms with Gasteiger partial charge in [-0.1, -0.05) is 37.6 Å². The van der Waals surface area contributed by atoms with Gasteiger partial charge in [-0.25, -0.2) is 4.98 Å². The van der Waals surface area contributed by atoms with Crippen LogP contribution in [0.15, 0.2) is 24.3 Å². The number of fused-ring (bicyclic) bond motifs is 1. The Morgan fingerprint density at radius 1 is 1.38 bits per heavy atom. The summed E-state index contributed by atoms with van der Waals surface area (Å²) in [5, 5.41) is 9.90. The number of aryl methyl sites for hydroxylation is 1.